The molecule has 0 radical (unpaired) electrons. The molecular weight excluding hydrogens is 797 g/mol. The SMILES string of the molecule is C=C/C(=C\C=C(/C)c1ccc(N(C2=CC=C(c3ccc(N(C4=CC=C(c5ccccc5)CC=C4)C(/C=C\C)=C/C=C/c4ccccc4)cc3)CC=C2)C2=CC=CCC2)cc1)c1ccccc1. The van der Waals surface area contributed by atoms with Crippen LogP contribution in [-0.4, -0.2) is 0 Å². The van der Waals surface area contributed by atoms with Crippen LogP contribution < -0.4 is 9.80 Å². The first kappa shape index (κ1) is 44.7. The smallest absolute Gasteiger partial charge is 0.0462 e. The van der Waals surface area contributed by atoms with Gasteiger partial charge in [-0.2, -0.15) is 0 Å². The van der Waals surface area contributed by atoms with Crippen molar-refractivity contribution in [3.8, 4) is 0 Å². The van der Waals surface area contributed by atoms with E-state index in [4.69, 9.17) is 0 Å². The fourth-order valence-corrected chi connectivity index (χ4v) is 8.43. The molecule has 0 aliphatic heterocycles. The van der Waals surface area contributed by atoms with Crippen molar-refractivity contribution in [3.05, 3.63) is 306 Å². The molecule has 8 rings (SSSR count). The maximum absolute atomic E-state index is 4.06. The van der Waals surface area contributed by atoms with E-state index >= 15 is 0 Å². The van der Waals surface area contributed by atoms with Gasteiger partial charge in [-0.05, 0) is 156 Å². The number of hydrogen-bond acceptors (Lipinski definition) is 2. The van der Waals surface area contributed by atoms with Crippen molar-refractivity contribution in [3.63, 3.8) is 0 Å². The second-order valence-electron chi connectivity index (χ2n) is 16.4. The third-order valence-corrected chi connectivity index (χ3v) is 12.0. The number of anilines is 2. The topological polar surface area (TPSA) is 6.48 Å². The molecule has 3 aliphatic rings. The first-order chi connectivity index (χ1) is 32.6. The van der Waals surface area contributed by atoms with Gasteiger partial charge in [0.05, 0.1) is 0 Å². The molecule has 0 aromatic heterocycles. The fourth-order valence-electron chi connectivity index (χ4n) is 8.43. The van der Waals surface area contributed by atoms with Crippen LogP contribution in [0.25, 0.3) is 28.4 Å². The Bertz CT molecular complexity index is 2880. The van der Waals surface area contributed by atoms with Crippen molar-refractivity contribution in [2.24, 2.45) is 0 Å². The molecule has 0 amide bonds. The second kappa shape index (κ2) is 22.6. The van der Waals surface area contributed by atoms with Crippen molar-refractivity contribution in [1.82, 2.24) is 0 Å². The lowest BCUT2D eigenvalue weighted by atomic mass is 10.0. The van der Waals surface area contributed by atoms with Crippen molar-refractivity contribution < 1.29 is 0 Å². The summed E-state index contributed by atoms with van der Waals surface area (Å²) in [5.74, 6) is 0. The number of nitrogens with zero attached hydrogens (tertiary/aromatic N) is 2. The van der Waals surface area contributed by atoms with Crippen LogP contribution in [0.3, 0.4) is 0 Å². The highest BCUT2D eigenvalue weighted by molar-refractivity contribution is 5.79. The average molecular weight is 855 g/mol. The summed E-state index contributed by atoms with van der Waals surface area (Å²) >= 11 is 0. The van der Waals surface area contributed by atoms with Crippen LogP contribution in [0, 0.1) is 0 Å². The molecule has 5 aromatic carbocycles. The molecule has 0 bridgehead atoms. The van der Waals surface area contributed by atoms with E-state index in [9.17, 15) is 0 Å². The predicted molar refractivity (Wildman–Crippen MR) is 287 cm³/mol. The van der Waals surface area contributed by atoms with Gasteiger partial charge in [-0.1, -0.05) is 195 Å². The molecule has 324 valence electrons. The summed E-state index contributed by atoms with van der Waals surface area (Å²) in [6.45, 7) is 8.31. The molecule has 0 atom stereocenters. The molecule has 2 nitrogen and oxygen atoms in total. The fraction of sp³-hybridized carbons (Fsp3) is 0.0938. The minimum absolute atomic E-state index is 0.830. The van der Waals surface area contributed by atoms with Crippen molar-refractivity contribution in [1.29, 1.82) is 0 Å². The predicted octanol–water partition coefficient (Wildman–Crippen LogP) is 17.2. The highest BCUT2D eigenvalue weighted by atomic mass is 15.2. The minimum atomic E-state index is 0.830. The summed E-state index contributed by atoms with van der Waals surface area (Å²) in [7, 11) is 0. The van der Waals surface area contributed by atoms with Gasteiger partial charge in [0.1, 0.15) is 0 Å². The number of benzene rings is 5. The minimum Gasteiger partial charge on any atom is -0.314 e. The van der Waals surface area contributed by atoms with Gasteiger partial charge in [0.2, 0.25) is 0 Å². The standard InChI is InChI=1S/C64H58N2/c1-4-21-59(33-18-24-51-22-10-6-11-23-51)65(61-34-19-29-56(40-46-61)55-27-14-8-15-28-55)64-48-42-58(43-49-64)57-30-20-35-62(47-41-57)66(60-31-16-9-17-32-60)63-44-38-53(39-45-63)50(3)36-37-52(5-2)54-25-12-7-13-26-54/h4-16,18-28,31,33-49H,2,17,29-30,32H2,1,3H3/b21-4-,24-18+,50-36+,52-37+,59-33+. The van der Waals surface area contributed by atoms with Gasteiger partial charge in [-0.25, -0.2) is 0 Å². The van der Waals surface area contributed by atoms with Crippen LogP contribution >= 0.6 is 0 Å². The first-order valence-corrected chi connectivity index (χ1v) is 23.1. The van der Waals surface area contributed by atoms with Crippen LogP contribution in [0.5, 0.6) is 0 Å². The molecule has 66 heavy (non-hydrogen) atoms. The Hall–Kier alpha value is -7.94. The summed E-state index contributed by atoms with van der Waals surface area (Å²) in [5, 5.41) is 0. The van der Waals surface area contributed by atoms with E-state index in [1.807, 2.05) is 12.1 Å². The van der Waals surface area contributed by atoms with E-state index in [-0.39, 0.29) is 0 Å². The van der Waals surface area contributed by atoms with Gasteiger partial charge < -0.3 is 9.80 Å². The second-order valence-corrected chi connectivity index (χ2v) is 16.4. The molecule has 0 saturated carbocycles. The molecule has 0 saturated heterocycles. The Labute approximate surface area is 393 Å². The van der Waals surface area contributed by atoms with Crippen molar-refractivity contribution >= 4 is 39.7 Å². The monoisotopic (exact) mass is 854 g/mol. The van der Waals surface area contributed by atoms with E-state index in [2.05, 4.69) is 273 Å². The van der Waals surface area contributed by atoms with Gasteiger partial charge in [0.25, 0.3) is 0 Å². The van der Waals surface area contributed by atoms with Gasteiger partial charge in [0, 0.05) is 34.2 Å². The largest absolute Gasteiger partial charge is 0.314 e. The molecule has 5 aromatic rings. The first-order valence-electron chi connectivity index (χ1n) is 23.1. The molecule has 2 heteroatoms. The Morgan fingerprint density at radius 1 is 0.576 bits per heavy atom. The maximum atomic E-state index is 4.06. The van der Waals surface area contributed by atoms with Crippen LogP contribution in [0.4, 0.5) is 11.4 Å². The normalized spacial score (nSPS) is 15.7. The number of hydrogen-bond donors (Lipinski definition) is 0. The Morgan fingerprint density at radius 3 is 1.85 bits per heavy atom. The van der Waals surface area contributed by atoms with E-state index < -0.39 is 0 Å². The van der Waals surface area contributed by atoms with Gasteiger partial charge in [0.15, 0.2) is 0 Å². The summed E-state index contributed by atoms with van der Waals surface area (Å²) in [5.41, 5.74) is 17.7. The zero-order chi connectivity index (χ0) is 45.3. The summed E-state index contributed by atoms with van der Waals surface area (Å²) in [4.78, 5) is 4.77. The lowest BCUT2D eigenvalue weighted by Gasteiger charge is -2.29. The average Bonchev–Trinajstić information content (AvgIpc) is 3.78. The molecular formula is C64H58N2. The lowest BCUT2D eigenvalue weighted by Crippen LogP contribution is -2.21. The summed E-state index contributed by atoms with van der Waals surface area (Å²) < 4.78 is 0. The Kier molecular flexibility index (Phi) is 15.3. The third-order valence-electron chi connectivity index (χ3n) is 12.0. The van der Waals surface area contributed by atoms with Crippen LogP contribution in [0.2, 0.25) is 0 Å². The van der Waals surface area contributed by atoms with E-state index in [1.165, 1.54) is 44.7 Å². The van der Waals surface area contributed by atoms with Crippen LogP contribution in [-0.2, 0) is 0 Å². The van der Waals surface area contributed by atoms with Crippen LogP contribution in [0.1, 0.15) is 67.3 Å². The summed E-state index contributed by atoms with van der Waals surface area (Å²) in [6.07, 6.45) is 45.7. The maximum Gasteiger partial charge on any atom is 0.0462 e. The Balaban J connectivity index is 1.09. The Morgan fingerprint density at radius 2 is 1.20 bits per heavy atom. The third kappa shape index (κ3) is 11.4. The summed E-state index contributed by atoms with van der Waals surface area (Å²) in [6, 6.07) is 49.6. The zero-order valence-electron chi connectivity index (χ0n) is 38.2. The van der Waals surface area contributed by atoms with Gasteiger partial charge in [-0.15, -0.1) is 0 Å². The molecule has 0 heterocycles. The molecule has 0 spiro atoms. The molecule has 0 unspecified atom stereocenters. The quantitative estimate of drug-likeness (QED) is 0.0968. The van der Waals surface area contributed by atoms with Gasteiger partial charge >= 0.3 is 0 Å². The van der Waals surface area contributed by atoms with Gasteiger partial charge in [-0.3, -0.25) is 0 Å². The number of rotatable bonds is 15. The zero-order valence-corrected chi connectivity index (χ0v) is 38.2. The molecule has 0 N–H and O–H groups in total. The number of allylic oxidation sites excluding steroid dienone is 23. The van der Waals surface area contributed by atoms with E-state index in [1.54, 1.807) is 0 Å². The van der Waals surface area contributed by atoms with E-state index in [0.717, 1.165) is 65.3 Å². The molecule has 0 fully saturated rings. The highest BCUT2D eigenvalue weighted by Crippen LogP contribution is 2.35. The van der Waals surface area contributed by atoms with E-state index in [0.29, 0.717) is 0 Å². The van der Waals surface area contributed by atoms with Crippen molar-refractivity contribution in [2.75, 3.05) is 9.80 Å². The highest BCUT2D eigenvalue weighted by Gasteiger charge is 2.19. The van der Waals surface area contributed by atoms with Crippen molar-refractivity contribution in [2.45, 2.75) is 39.5 Å². The van der Waals surface area contributed by atoms with Crippen LogP contribution in [0.15, 0.2) is 278 Å². The lowest BCUT2D eigenvalue weighted by molar-refractivity contribution is 0.901. The molecule has 3 aliphatic carbocycles.